The van der Waals surface area contributed by atoms with Crippen molar-refractivity contribution in [1.29, 1.82) is 0 Å². The highest BCUT2D eigenvalue weighted by molar-refractivity contribution is 7.14. The number of carbonyl (C=O) groups is 2. The van der Waals surface area contributed by atoms with E-state index in [1.807, 2.05) is 31.2 Å². The minimum atomic E-state index is -0.376. The Balaban J connectivity index is 1.52. The zero-order valence-electron chi connectivity index (χ0n) is 13.3. The maximum atomic E-state index is 12.0. The Kier molecular flexibility index (Phi) is 5.36. The number of aromatic nitrogens is 2. The normalized spacial score (nSPS) is 10.3. The highest BCUT2D eigenvalue weighted by atomic mass is 32.1. The molecule has 2 aromatic heterocycles. The van der Waals surface area contributed by atoms with Crippen molar-refractivity contribution in [2.75, 3.05) is 16.0 Å². The second kappa shape index (κ2) is 7.86. The van der Waals surface area contributed by atoms with Crippen molar-refractivity contribution < 1.29 is 9.59 Å². The van der Waals surface area contributed by atoms with Crippen molar-refractivity contribution in [3.63, 3.8) is 0 Å². The van der Waals surface area contributed by atoms with E-state index in [2.05, 4.69) is 25.9 Å². The zero-order chi connectivity index (χ0) is 17.6. The monoisotopic (exact) mass is 373 g/mol. The summed E-state index contributed by atoms with van der Waals surface area (Å²) in [5, 5.41) is 12.6. The molecule has 128 valence electrons. The quantitative estimate of drug-likeness (QED) is 0.635. The molecule has 25 heavy (non-hydrogen) atoms. The SMILES string of the molecule is Cc1cccc(NC(=O)Nc2nc(CC(=O)Nc3nccs3)cs2)c1. The molecule has 3 N–H and O–H groups in total. The van der Waals surface area contributed by atoms with Gasteiger partial charge in [0.25, 0.3) is 0 Å². The average Bonchev–Trinajstić information content (AvgIpc) is 3.19. The fraction of sp³-hybridized carbons (Fsp3) is 0.125. The van der Waals surface area contributed by atoms with E-state index >= 15 is 0 Å². The van der Waals surface area contributed by atoms with Gasteiger partial charge in [0.15, 0.2) is 10.3 Å². The number of nitrogens with zero attached hydrogens (tertiary/aromatic N) is 2. The summed E-state index contributed by atoms with van der Waals surface area (Å²) in [7, 11) is 0. The van der Waals surface area contributed by atoms with Crippen LogP contribution in [-0.2, 0) is 11.2 Å². The number of benzene rings is 1. The van der Waals surface area contributed by atoms with Crippen LogP contribution < -0.4 is 16.0 Å². The molecule has 0 spiro atoms. The summed E-state index contributed by atoms with van der Waals surface area (Å²) in [6, 6.07) is 7.12. The standard InChI is InChI=1S/C16H15N5O2S2/c1-10-3-2-4-11(7-10)18-14(23)21-16-19-12(9-25-16)8-13(22)20-15-17-5-6-24-15/h2-7,9H,8H2,1H3,(H,17,20,22)(H2,18,19,21,23). The summed E-state index contributed by atoms with van der Waals surface area (Å²) in [6.07, 6.45) is 1.75. The first-order chi connectivity index (χ1) is 12.1. The fourth-order valence-corrected chi connectivity index (χ4v) is 3.29. The second-order valence-electron chi connectivity index (χ2n) is 5.15. The first kappa shape index (κ1) is 17.1. The van der Waals surface area contributed by atoms with Gasteiger partial charge in [-0.15, -0.1) is 22.7 Å². The molecule has 2 heterocycles. The lowest BCUT2D eigenvalue weighted by Gasteiger charge is -2.05. The van der Waals surface area contributed by atoms with Crippen LogP contribution in [0.15, 0.2) is 41.2 Å². The minimum Gasteiger partial charge on any atom is -0.308 e. The summed E-state index contributed by atoms with van der Waals surface area (Å²) in [6.45, 7) is 1.95. The van der Waals surface area contributed by atoms with E-state index in [0.29, 0.717) is 21.6 Å². The third-order valence-electron chi connectivity index (χ3n) is 3.07. The summed E-state index contributed by atoms with van der Waals surface area (Å²) in [4.78, 5) is 32.1. The van der Waals surface area contributed by atoms with Crippen LogP contribution >= 0.6 is 22.7 Å². The first-order valence-electron chi connectivity index (χ1n) is 7.37. The zero-order valence-corrected chi connectivity index (χ0v) is 14.9. The van der Waals surface area contributed by atoms with Crippen LogP contribution in [0.2, 0.25) is 0 Å². The Morgan fingerprint density at radius 1 is 1.12 bits per heavy atom. The van der Waals surface area contributed by atoms with Gasteiger partial charge in [-0.1, -0.05) is 12.1 Å². The Bertz CT molecular complexity index is 876. The van der Waals surface area contributed by atoms with Crippen LogP contribution in [0.25, 0.3) is 0 Å². The molecular formula is C16H15N5O2S2. The Morgan fingerprint density at radius 3 is 2.76 bits per heavy atom. The first-order valence-corrected chi connectivity index (χ1v) is 9.13. The van der Waals surface area contributed by atoms with Crippen LogP contribution in [0, 0.1) is 6.92 Å². The van der Waals surface area contributed by atoms with Crippen LogP contribution in [0.1, 0.15) is 11.3 Å². The van der Waals surface area contributed by atoms with Crippen molar-refractivity contribution >= 4 is 50.6 Å². The third-order valence-corrected chi connectivity index (χ3v) is 4.56. The molecule has 7 nitrogen and oxygen atoms in total. The maximum absolute atomic E-state index is 12.0. The number of aryl methyl sites for hydroxylation is 1. The number of thiazole rings is 2. The van der Waals surface area contributed by atoms with Gasteiger partial charge in [0.2, 0.25) is 5.91 Å². The number of urea groups is 1. The number of hydrogen-bond acceptors (Lipinski definition) is 6. The number of anilines is 3. The third kappa shape index (κ3) is 5.10. The highest BCUT2D eigenvalue weighted by Gasteiger charge is 2.11. The van der Waals surface area contributed by atoms with Gasteiger partial charge in [-0.25, -0.2) is 14.8 Å². The number of nitrogens with one attached hydrogen (secondary N) is 3. The predicted octanol–water partition coefficient (Wildman–Crippen LogP) is 3.73. The lowest BCUT2D eigenvalue weighted by molar-refractivity contribution is -0.115. The Morgan fingerprint density at radius 2 is 2.00 bits per heavy atom. The molecule has 0 aliphatic rings. The van der Waals surface area contributed by atoms with Gasteiger partial charge < -0.3 is 10.6 Å². The van der Waals surface area contributed by atoms with Crippen LogP contribution in [0.3, 0.4) is 0 Å². The highest BCUT2D eigenvalue weighted by Crippen LogP contribution is 2.18. The molecule has 3 aromatic rings. The van der Waals surface area contributed by atoms with E-state index in [1.54, 1.807) is 17.0 Å². The van der Waals surface area contributed by atoms with Gasteiger partial charge in [0.1, 0.15) is 0 Å². The fourth-order valence-electron chi connectivity index (χ4n) is 2.04. The molecule has 0 bridgehead atoms. The molecular weight excluding hydrogens is 358 g/mol. The maximum Gasteiger partial charge on any atom is 0.325 e. The van der Waals surface area contributed by atoms with E-state index in [0.717, 1.165) is 5.56 Å². The second-order valence-corrected chi connectivity index (χ2v) is 6.91. The van der Waals surface area contributed by atoms with Gasteiger partial charge in [0, 0.05) is 22.6 Å². The van der Waals surface area contributed by atoms with Gasteiger partial charge in [-0.05, 0) is 24.6 Å². The lowest BCUT2D eigenvalue weighted by Crippen LogP contribution is -2.19. The van der Waals surface area contributed by atoms with Gasteiger partial charge >= 0.3 is 6.03 Å². The van der Waals surface area contributed by atoms with Crippen molar-refractivity contribution in [2.45, 2.75) is 13.3 Å². The molecule has 3 amide bonds. The summed E-state index contributed by atoms with van der Waals surface area (Å²) in [5.41, 5.74) is 2.35. The molecule has 1 aromatic carbocycles. The largest absolute Gasteiger partial charge is 0.325 e. The van der Waals surface area contributed by atoms with Crippen molar-refractivity contribution in [2.24, 2.45) is 0 Å². The van der Waals surface area contributed by atoms with Crippen LogP contribution in [0.4, 0.5) is 20.7 Å². The van der Waals surface area contributed by atoms with E-state index in [9.17, 15) is 9.59 Å². The van der Waals surface area contributed by atoms with Gasteiger partial charge in [-0.3, -0.25) is 10.1 Å². The van der Waals surface area contributed by atoms with Crippen molar-refractivity contribution in [1.82, 2.24) is 9.97 Å². The number of rotatable bonds is 5. The smallest absolute Gasteiger partial charge is 0.308 e. The Hall–Kier alpha value is -2.78. The average molecular weight is 373 g/mol. The topological polar surface area (TPSA) is 96.0 Å². The summed E-state index contributed by atoms with van der Waals surface area (Å²) in [5.74, 6) is -0.198. The minimum absolute atomic E-state index is 0.122. The molecule has 3 rings (SSSR count). The number of carbonyl (C=O) groups excluding carboxylic acids is 2. The molecule has 0 atom stereocenters. The van der Waals surface area contributed by atoms with Crippen molar-refractivity contribution in [3.8, 4) is 0 Å². The number of amides is 3. The summed E-state index contributed by atoms with van der Waals surface area (Å²) < 4.78 is 0. The van der Waals surface area contributed by atoms with Crippen LogP contribution in [-0.4, -0.2) is 21.9 Å². The molecule has 9 heteroatoms. The van der Waals surface area contributed by atoms with E-state index in [-0.39, 0.29) is 18.4 Å². The predicted molar refractivity (Wildman–Crippen MR) is 100 cm³/mol. The van der Waals surface area contributed by atoms with Crippen molar-refractivity contribution in [3.05, 3.63) is 52.5 Å². The number of hydrogen-bond donors (Lipinski definition) is 3. The molecule has 0 aliphatic heterocycles. The molecule has 0 saturated heterocycles. The molecule has 0 saturated carbocycles. The van der Waals surface area contributed by atoms with Gasteiger partial charge in [0.05, 0.1) is 12.1 Å². The van der Waals surface area contributed by atoms with E-state index < -0.39 is 0 Å². The Labute approximate surface area is 152 Å². The lowest BCUT2D eigenvalue weighted by atomic mass is 10.2. The van der Waals surface area contributed by atoms with E-state index in [4.69, 9.17) is 0 Å². The van der Waals surface area contributed by atoms with Crippen LogP contribution in [0.5, 0.6) is 0 Å². The molecule has 0 radical (unpaired) electrons. The van der Waals surface area contributed by atoms with E-state index in [1.165, 1.54) is 22.7 Å². The van der Waals surface area contributed by atoms with Gasteiger partial charge in [-0.2, -0.15) is 0 Å². The summed E-state index contributed by atoms with van der Waals surface area (Å²) >= 11 is 2.62. The molecule has 0 unspecified atom stereocenters. The molecule has 0 fully saturated rings. The molecule has 0 aliphatic carbocycles.